The van der Waals surface area contributed by atoms with E-state index in [2.05, 4.69) is 0 Å². The van der Waals surface area contributed by atoms with Crippen molar-refractivity contribution < 1.29 is 26.3 Å². The molecule has 0 aromatic heterocycles. The Labute approximate surface area is 195 Å². The summed E-state index contributed by atoms with van der Waals surface area (Å²) in [5, 5.41) is 0. The summed E-state index contributed by atoms with van der Waals surface area (Å²) in [6, 6.07) is 11.5. The summed E-state index contributed by atoms with van der Waals surface area (Å²) < 4.78 is 82.8. The van der Waals surface area contributed by atoms with Gasteiger partial charge in [0, 0.05) is 0 Å². The number of halogens is 6. The first-order valence-corrected chi connectivity index (χ1v) is 18.1. The Kier molecular flexibility index (Phi) is 7.42. The molecule has 0 atom stereocenters. The van der Waals surface area contributed by atoms with Crippen LogP contribution in [0.25, 0.3) is 0 Å². The second-order valence-electron chi connectivity index (χ2n) is 9.69. The predicted octanol–water partition coefficient (Wildman–Crippen LogP) is 7.96. The van der Waals surface area contributed by atoms with Crippen LogP contribution in [0.2, 0.25) is 7.87 Å². The third kappa shape index (κ3) is 5.10. The van der Waals surface area contributed by atoms with E-state index < -0.39 is 41.9 Å². The van der Waals surface area contributed by atoms with Gasteiger partial charge in [0.2, 0.25) is 0 Å². The van der Waals surface area contributed by atoms with Crippen LogP contribution in [0.3, 0.4) is 0 Å². The van der Waals surface area contributed by atoms with E-state index in [-0.39, 0.29) is 0 Å². The second-order valence-corrected chi connectivity index (χ2v) is 22.6. The average Bonchev–Trinajstić information content (AvgIpc) is 2.81. The van der Waals surface area contributed by atoms with Gasteiger partial charge in [0.15, 0.2) is 0 Å². The van der Waals surface area contributed by atoms with Gasteiger partial charge in [-0.1, -0.05) is 0 Å². The molecule has 0 saturated heterocycles. The molecule has 4 rings (SSSR count). The van der Waals surface area contributed by atoms with Crippen LogP contribution in [0.1, 0.15) is 75.3 Å². The first-order chi connectivity index (χ1) is 15.6. The van der Waals surface area contributed by atoms with Gasteiger partial charge in [-0.3, -0.25) is 0 Å². The molecule has 2 aromatic rings. The van der Waals surface area contributed by atoms with E-state index in [1.165, 1.54) is 24.3 Å². The molecule has 0 spiro atoms. The van der Waals surface area contributed by atoms with Crippen LogP contribution in [0.15, 0.2) is 48.5 Å². The van der Waals surface area contributed by atoms with Gasteiger partial charge in [-0.05, 0) is 0 Å². The molecular weight excluding hydrogens is 545 g/mol. The van der Waals surface area contributed by atoms with Gasteiger partial charge in [-0.25, -0.2) is 0 Å². The van der Waals surface area contributed by atoms with E-state index in [1.54, 1.807) is 24.3 Å². The Balaban J connectivity index is 1.90. The number of hydrogen-bond acceptors (Lipinski definition) is 0. The maximum absolute atomic E-state index is 13.3. The van der Waals surface area contributed by atoms with Crippen LogP contribution < -0.4 is 7.16 Å². The molecule has 0 N–H and O–H groups in total. The molecule has 0 aliphatic heterocycles. The molecule has 7 heteroatoms. The Hall–Kier alpha value is -1.18. The van der Waals surface area contributed by atoms with Crippen molar-refractivity contribution in [2.24, 2.45) is 0 Å². The molecular formula is C26H30F6Sn. The minimum absolute atomic E-state index is 0.407. The Bertz CT molecular complexity index is 824. The van der Waals surface area contributed by atoms with E-state index in [1.807, 2.05) is 0 Å². The predicted molar refractivity (Wildman–Crippen MR) is 122 cm³/mol. The van der Waals surface area contributed by atoms with E-state index in [4.69, 9.17) is 0 Å². The Morgan fingerprint density at radius 2 is 0.788 bits per heavy atom. The molecule has 0 amide bonds. The van der Waals surface area contributed by atoms with Crippen molar-refractivity contribution in [2.45, 2.75) is 84.4 Å². The topological polar surface area (TPSA) is 0 Å². The first kappa shape index (κ1) is 24.9. The van der Waals surface area contributed by atoms with Crippen LogP contribution in [0.4, 0.5) is 26.3 Å². The molecule has 2 fully saturated rings. The van der Waals surface area contributed by atoms with Crippen molar-refractivity contribution in [3.63, 3.8) is 0 Å². The summed E-state index contributed by atoms with van der Waals surface area (Å²) in [5.74, 6) is 0. The Morgan fingerprint density at radius 3 is 1.06 bits per heavy atom. The SMILES string of the molecule is FC(F)(F)c1cc[c]([Sn]([c]2ccc(C(F)(F)F)cc2)([CH]2CCCCC2)[CH]2CCCCC2)cc1. The second kappa shape index (κ2) is 9.82. The zero-order valence-corrected chi connectivity index (χ0v) is 21.5. The molecule has 0 nitrogen and oxygen atoms in total. The van der Waals surface area contributed by atoms with Crippen LogP contribution in [-0.4, -0.2) is 18.4 Å². The fourth-order valence-corrected chi connectivity index (χ4v) is 26.3. The third-order valence-corrected chi connectivity index (χ3v) is 25.9. The van der Waals surface area contributed by atoms with E-state index in [0.717, 1.165) is 71.4 Å². The van der Waals surface area contributed by atoms with Crippen molar-refractivity contribution in [1.82, 2.24) is 0 Å². The van der Waals surface area contributed by atoms with Crippen molar-refractivity contribution >= 4 is 25.5 Å². The van der Waals surface area contributed by atoms with Crippen LogP contribution in [-0.2, 0) is 12.4 Å². The number of benzene rings is 2. The molecule has 0 radical (unpaired) electrons. The molecule has 0 unspecified atom stereocenters. The van der Waals surface area contributed by atoms with Gasteiger partial charge in [0.05, 0.1) is 0 Å². The molecule has 33 heavy (non-hydrogen) atoms. The molecule has 2 aliphatic carbocycles. The summed E-state index contributed by atoms with van der Waals surface area (Å²) in [5.41, 5.74) is -1.32. The van der Waals surface area contributed by atoms with Crippen LogP contribution in [0.5, 0.6) is 0 Å². The van der Waals surface area contributed by atoms with E-state index in [0.29, 0.717) is 7.87 Å². The molecule has 180 valence electrons. The number of hydrogen-bond donors (Lipinski definition) is 0. The van der Waals surface area contributed by atoms with Gasteiger partial charge in [0.25, 0.3) is 0 Å². The monoisotopic (exact) mass is 576 g/mol. The normalized spacial score (nSPS) is 19.6. The molecule has 0 heterocycles. The van der Waals surface area contributed by atoms with Gasteiger partial charge >= 0.3 is 196 Å². The maximum atomic E-state index is 13.3. The summed E-state index contributed by atoms with van der Waals surface area (Å²) in [4.78, 5) is 0. The molecule has 2 aromatic carbocycles. The zero-order chi connectivity index (χ0) is 23.7. The molecule has 2 aliphatic rings. The van der Waals surface area contributed by atoms with Crippen molar-refractivity contribution in [1.29, 1.82) is 0 Å². The third-order valence-electron chi connectivity index (χ3n) is 7.88. The van der Waals surface area contributed by atoms with Crippen molar-refractivity contribution in [3.05, 3.63) is 59.7 Å². The van der Waals surface area contributed by atoms with Gasteiger partial charge in [-0.15, -0.1) is 0 Å². The summed E-state index contributed by atoms with van der Waals surface area (Å²) >= 11 is -3.70. The standard InChI is InChI=1S/2C7H4F3.2C6H11.Sn/c2*8-7(9,10)6-4-2-1-3-5-6;2*1-2-4-6-5-3-1;/h2*2-5H;2*1H,2-6H2;. The van der Waals surface area contributed by atoms with Gasteiger partial charge in [-0.2, -0.15) is 0 Å². The van der Waals surface area contributed by atoms with Crippen molar-refractivity contribution in [2.75, 3.05) is 0 Å². The van der Waals surface area contributed by atoms with Crippen LogP contribution in [0, 0.1) is 0 Å². The van der Waals surface area contributed by atoms with Crippen molar-refractivity contribution in [3.8, 4) is 0 Å². The van der Waals surface area contributed by atoms with Gasteiger partial charge in [0.1, 0.15) is 0 Å². The van der Waals surface area contributed by atoms with E-state index >= 15 is 0 Å². The number of alkyl halides is 6. The zero-order valence-electron chi connectivity index (χ0n) is 18.6. The molecule has 2 saturated carbocycles. The first-order valence-electron chi connectivity index (χ1n) is 12.0. The summed E-state index contributed by atoms with van der Waals surface area (Å²) in [6.45, 7) is 0. The summed E-state index contributed by atoms with van der Waals surface area (Å²) in [7, 11) is 0. The Morgan fingerprint density at radius 1 is 0.485 bits per heavy atom. The molecule has 0 bridgehead atoms. The fraction of sp³-hybridized carbons (Fsp3) is 0.538. The van der Waals surface area contributed by atoms with Gasteiger partial charge < -0.3 is 0 Å². The summed E-state index contributed by atoms with van der Waals surface area (Å²) in [6.07, 6.45) is 2.03. The minimum atomic E-state index is -4.40. The van der Waals surface area contributed by atoms with Crippen LogP contribution >= 0.6 is 0 Å². The number of rotatable bonds is 4. The average molecular weight is 575 g/mol. The van der Waals surface area contributed by atoms with E-state index in [9.17, 15) is 26.3 Å². The quantitative estimate of drug-likeness (QED) is 0.257. The fourth-order valence-electron chi connectivity index (χ4n) is 6.43.